The zero-order valence-corrected chi connectivity index (χ0v) is 13.7. The zero-order chi connectivity index (χ0) is 17.3. The number of fused-ring (bicyclic) bond motifs is 1. The van der Waals surface area contributed by atoms with Crippen LogP contribution in [0.5, 0.6) is 11.5 Å². The van der Waals surface area contributed by atoms with Gasteiger partial charge in [0.2, 0.25) is 11.8 Å². The molecule has 0 aromatic heterocycles. The maximum absolute atomic E-state index is 12.6. The lowest BCUT2D eigenvalue weighted by Gasteiger charge is -2.15. The highest BCUT2D eigenvalue weighted by molar-refractivity contribution is 6.10. The lowest BCUT2D eigenvalue weighted by atomic mass is 9.85. The molecule has 2 aliphatic rings. The maximum Gasteiger partial charge on any atom is 0.233 e. The number of likely N-dealkylation sites (tertiary alicyclic amines) is 1. The molecule has 1 aromatic rings. The lowest BCUT2D eigenvalue weighted by molar-refractivity contribution is -0.139. The Kier molecular flexibility index (Phi) is 4.38. The number of ether oxygens (including phenoxy) is 2. The molecule has 1 aliphatic heterocycles. The number of hydrogen-bond donors (Lipinski definition) is 0. The Morgan fingerprint density at radius 2 is 1.71 bits per heavy atom. The Morgan fingerprint density at radius 1 is 1.08 bits per heavy atom. The van der Waals surface area contributed by atoms with Gasteiger partial charge in [0.25, 0.3) is 0 Å². The van der Waals surface area contributed by atoms with Gasteiger partial charge in [0.1, 0.15) is 11.5 Å². The Hall–Kier alpha value is -2.63. The SMILES string of the molecule is COc1ccc(C(=O)CN2C(=O)[C@H]3CC=CC[C@H]3C2=O)c(OC)c1. The minimum absolute atomic E-state index is 0.254. The molecular formula is C18H19NO5. The number of imide groups is 1. The van der Waals surface area contributed by atoms with Gasteiger partial charge in [-0.05, 0) is 25.0 Å². The highest BCUT2D eigenvalue weighted by Gasteiger charge is 2.47. The van der Waals surface area contributed by atoms with Gasteiger partial charge < -0.3 is 9.47 Å². The van der Waals surface area contributed by atoms with Crippen LogP contribution in [0, 0.1) is 11.8 Å². The van der Waals surface area contributed by atoms with Crippen LogP contribution in [0.25, 0.3) is 0 Å². The van der Waals surface area contributed by atoms with Crippen LogP contribution in [0.1, 0.15) is 23.2 Å². The number of benzene rings is 1. The molecule has 0 bridgehead atoms. The van der Waals surface area contributed by atoms with Crippen molar-refractivity contribution in [3.8, 4) is 11.5 Å². The van der Waals surface area contributed by atoms with Crippen molar-refractivity contribution in [2.45, 2.75) is 12.8 Å². The molecule has 6 heteroatoms. The van der Waals surface area contributed by atoms with Crippen molar-refractivity contribution < 1.29 is 23.9 Å². The first-order valence-corrected chi connectivity index (χ1v) is 7.82. The molecule has 1 fully saturated rings. The van der Waals surface area contributed by atoms with Crippen LogP contribution in [-0.2, 0) is 9.59 Å². The quantitative estimate of drug-likeness (QED) is 0.468. The number of carbonyl (C=O) groups is 3. The number of Topliss-reactive ketones (excluding diaryl/α,β-unsaturated/α-hetero) is 1. The Morgan fingerprint density at radius 3 is 2.25 bits per heavy atom. The molecule has 1 heterocycles. The smallest absolute Gasteiger partial charge is 0.233 e. The molecule has 0 radical (unpaired) electrons. The zero-order valence-electron chi connectivity index (χ0n) is 13.7. The first-order valence-electron chi connectivity index (χ1n) is 7.82. The molecule has 1 aromatic carbocycles. The van der Waals surface area contributed by atoms with Crippen molar-refractivity contribution in [2.24, 2.45) is 11.8 Å². The third-order valence-electron chi connectivity index (χ3n) is 4.61. The first-order chi connectivity index (χ1) is 11.6. The number of carbonyl (C=O) groups excluding carboxylic acids is 3. The molecule has 1 saturated heterocycles. The largest absolute Gasteiger partial charge is 0.497 e. The summed E-state index contributed by atoms with van der Waals surface area (Å²) in [6.07, 6.45) is 4.96. The van der Waals surface area contributed by atoms with Gasteiger partial charge in [-0.25, -0.2) is 0 Å². The number of hydrogen-bond acceptors (Lipinski definition) is 5. The van der Waals surface area contributed by atoms with E-state index in [0.717, 1.165) is 4.90 Å². The molecule has 126 valence electrons. The van der Waals surface area contributed by atoms with Gasteiger partial charge in [0, 0.05) is 6.07 Å². The van der Waals surface area contributed by atoms with Gasteiger partial charge in [-0.3, -0.25) is 19.3 Å². The summed E-state index contributed by atoms with van der Waals surface area (Å²) in [6, 6.07) is 4.83. The highest BCUT2D eigenvalue weighted by atomic mass is 16.5. The predicted octanol–water partition coefficient (Wildman–Crippen LogP) is 1.84. The summed E-state index contributed by atoms with van der Waals surface area (Å²) >= 11 is 0. The predicted molar refractivity (Wildman–Crippen MR) is 86.0 cm³/mol. The summed E-state index contributed by atoms with van der Waals surface area (Å²) in [5, 5.41) is 0. The summed E-state index contributed by atoms with van der Waals surface area (Å²) in [5.41, 5.74) is 0.326. The highest BCUT2D eigenvalue weighted by Crippen LogP contribution is 2.35. The second kappa shape index (κ2) is 6.47. The Labute approximate surface area is 140 Å². The van der Waals surface area contributed by atoms with Gasteiger partial charge in [0.05, 0.1) is 38.2 Å². The maximum atomic E-state index is 12.6. The first kappa shape index (κ1) is 16.2. The minimum Gasteiger partial charge on any atom is -0.497 e. The van der Waals surface area contributed by atoms with Crippen molar-refractivity contribution in [1.82, 2.24) is 4.90 Å². The molecule has 0 unspecified atom stereocenters. The molecule has 6 nitrogen and oxygen atoms in total. The van der Waals surface area contributed by atoms with E-state index in [1.165, 1.54) is 14.2 Å². The molecule has 0 saturated carbocycles. The van der Waals surface area contributed by atoms with Crippen molar-refractivity contribution >= 4 is 17.6 Å². The van der Waals surface area contributed by atoms with E-state index in [1.54, 1.807) is 18.2 Å². The fraction of sp³-hybridized carbons (Fsp3) is 0.389. The molecular weight excluding hydrogens is 310 g/mol. The average molecular weight is 329 g/mol. The fourth-order valence-corrected chi connectivity index (χ4v) is 3.28. The Balaban J connectivity index is 1.80. The molecule has 3 rings (SSSR count). The monoisotopic (exact) mass is 329 g/mol. The van der Waals surface area contributed by atoms with Crippen LogP contribution in [0.4, 0.5) is 0 Å². The van der Waals surface area contributed by atoms with E-state index in [9.17, 15) is 14.4 Å². The van der Waals surface area contributed by atoms with E-state index in [4.69, 9.17) is 9.47 Å². The van der Waals surface area contributed by atoms with Crippen LogP contribution in [-0.4, -0.2) is 43.3 Å². The summed E-state index contributed by atoms with van der Waals surface area (Å²) in [7, 11) is 2.98. The van der Waals surface area contributed by atoms with E-state index >= 15 is 0 Å². The third-order valence-corrected chi connectivity index (χ3v) is 4.61. The van der Waals surface area contributed by atoms with E-state index in [-0.39, 0.29) is 36.0 Å². The number of ketones is 1. The number of nitrogens with zero attached hydrogens (tertiary/aromatic N) is 1. The van der Waals surface area contributed by atoms with Crippen molar-refractivity contribution in [3.63, 3.8) is 0 Å². The molecule has 0 spiro atoms. The second-order valence-electron chi connectivity index (χ2n) is 5.91. The molecule has 24 heavy (non-hydrogen) atoms. The molecule has 2 amide bonds. The van der Waals surface area contributed by atoms with Gasteiger partial charge in [-0.15, -0.1) is 0 Å². The van der Waals surface area contributed by atoms with Crippen molar-refractivity contribution in [3.05, 3.63) is 35.9 Å². The van der Waals surface area contributed by atoms with Crippen LogP contribution >= 0.6 is 0 Å². The van der Waals surface area contributed by atoms with Crippen molar-refractivity contribution in [2.75, 3.05) is 20.8 Å². The Bertz CT molecular complexity index is 698. The van der Waals surface area contributed by atoms with E-state index in [2.05, 4.69) is 0 Å². The van der Waals surface area contributed by atoms with Gasteiger partial charge in [-0.2, -0.15) is 0 Å². The van der Waals surface area contributed by atoms with Crippen LogP contribution < -0.4 is 9.47 Å². The second-order valence-corrected chi connectivity index (χ2v) is 5.91. The van der Waals surface area contributed by atoms with Crippen LogP contribution in [0.15, 0.2) is 30.4 Å². The topological polar surface area (TPSA) is 72.9 Å². The van der Waals surface area contributed by atoms with Gasteiger partial charge in [0.15, 0.2) is 5.78 Å². The van der Waals surface area contributed by atoms with E-state index in [1.807, 2.05) is 12.2 Å². The molecule has 1 aliphatic carbocycles. The summed E-state index contributed by atoms with van der Waals surface area (Å²) in [6.45, 7) is -0.257. The number of rotatable bonds is 5. The van der Waals surface area contributed by atoms with Gasteiger partial charge >= 0.3 is 0 Å². The normalized spacial score (nSPS) is 22.5. The molecule has 2 atom stereocenters. The number of amides is 2. The van der Waals surface area contributed by atoms with Crippen molar-refractivity contribution in [1.29, 1.82) is 0 Å². The van der Waals surface area contributed by atoms with E-state index < -0.39 is 0 Å². The fourth-order valence-electron chi connectivity index (χ4n) is 3.28. The van der Waals surface area contributed by atoms with E-state index in [0.29, 0.717) is 29.9 Å². The average Bonchev–Trinajstić information content (AvgIpc) is 2.86. The summed E-state index contributed by atoms with van der Waals surface area (Å²) in [5.74, 6) is -0.569. The number of methoxy groups -OCH3 is 2. The lowest BCUT2D eigenvalue weighted by Crippen LogP contribution is -2.36. The van der Waals surface area contributed by atoms with Crippen LogP contribution in [0.3, 0.4) is 0 Å². The van der Waals surface area contributed by atoms with Gasteiger partial charge in [-0.1, -0.05) is 12.2 Å². The summed E-state index contributed by atoms with van der Waals surface area (Å²) < 4.78 is 10.3. The molecule has 0 N–H and O–H groups in total. The standard InChI is InChI=1S/C18H19NO5/c1-23-11-7-8-14(16(9-11)24-2)15(20)10-19-17(21)12-5-3-4-6-13(12)18(19)22/h3-4,7-9,12-13H,5-6,10H2,1-2H3/t12-,13+. The minimum atomic E-state index is -0.331. The van der Waals surface area contributed by atoms with Crippen LogP contribution in [0.2, 0.25) is 0 Å². The summed E-state index contributed by atoms with van der Waals surface area (Å²) in [4.78, 5) is 38.6. The number of allylic oxidation sites excluding steroid dienone is 2. The third kappa shape index (κ3) is 2.68.